The molecule has 1 saturated heterocycles. The van der Waals surface area contributed by atoms with Crippen molar-refractivity contribution in [2.75, 3.05) is 0 Å². The first-order chi connectivity index (χ1) is 19.1. The molecule has 0 saturated carbocycles. The summed E-state index contributed by atoms with van der Waals surface area (Å²) in [6, 6.07) is 20.9. The van der Waals surface area contributed by atoms with Crippen LogP contribution in [0.4, 0.5) is 0 Å². The Hall–Kier alpha value is -0.936. The van der Waals surface area contributed by atoms with Crippen LogP contribution in [0.2, 0.25) is 34.8 Å². The van der Waals surface area contributed by atoms with Crippen molar-refractivity contribution in [3.8, 4) is 0 Å². The van der Waals surface area contributed by atoms with E-state index < -0.39 is 16.6 Å². The number of rotatable bonds is 12. The van der Waals surface area contributed by atoms with Crippen LogP contribution in [0.25, 0.3) is 0 Å². The Kier molecular flexibility index (Phi) is 12.0. The standard InChI is InChI=1S/C34H56O4SSi2/c1-24(2)41(25(3)4,26(5)6)38-30-27(7)36-33(39-29-21-17-14-18-22-29)32(35-23-28-19-15-13-16-20-28)31(30)37-40(11,12)34(8,9)10/h13-22,24-27,30-33H,23H2,1-12H3/t27-,30-,31+,32+,33-/m1/s1. The van der Waals surface area contributed by atoms with Crippen molar-refractivity contribution in [1.29, 1.82) is 0 Å². The highest BCUT2D eigenvalue weighted by atomic mass is 32.2. The fraction of sp³-hybridized carbons (Fsp3) is 0.647. The normalized spacial score (nSPS) is 24.4. The zero-order valence-electron chi connectivity index (χ0n) is 27.6. The van der Waals surface area contributed by atoms with E-state index in [0.717, 1.165) is 5.56 Å². The van der Waals surface area contributed by atoms with Crippen LogP contribution in [-0.2, 0) is 24.9 Å². The van der Waals surface area contributed by atoms with Gasteiger partial charge < -0.3 is 18.3 Å². The molecule has 3 rings (SSSR count). The first kappa shape index (κ1) is 34.6. The third-order valence-electron chi connectivity index (χ3n) is 9.29. The smallest absolute Gasteiger partial charge is 0.201 e. The van der Waals surface area contributed by atoms with Crippen molar-refractivity contribution in [2.45, 2.75) is 145 Å². The van der Waals surface area contributed by atoms with Crippen molar-refractivity contribution in [3.05, 3.63) is 66.2 Å². The van der Waals surface area contributed by atoms with Gasteiger partial charge in [-0.05, 0) is 59.4 Å². The Balaban J connectivity index is 2.11. The summed E-state index contributed by atoms with van der Waals surface area (Å²) in [5.41, 5.74) is 2.31. The molecule has 4 nitrogen and oxygen atoms in total. The van der Waals surface area contributed by atoms with E-state index in [1.807, 2.05) is 6.07 Å². The zero-order chi connectivity index (χ0) is 30.6. The van der Waals surface area contributed by atoms with Crippen molar-refractivity contribution >= 4 is 28.4 Å². The molecule has 1 fully saturated rings. The topological polar surface area (TPSA) is 36.9 Å². The number of thioether (sulfide) groups is 1. The van der Waals surface area contributed by atoms with Gasteiger partial charge in [0.25, 0.3) is 0 Å². The summed E-state index contributed by atoms with van der Waals surface area (Å²) in [5.74, 6) is 0. The molecule has 1 heterocycles. The second kappa shape index (κ2) is 14.2. The minimum atomic E-state index is -2.24. The molecule has 0 spiro atoms. The van der Waals surface area contributed by atoms with E-state index in [1.54, 1.807) is 11.8 Å². The number of ether oxygens (including phenoxy) is 2. The van der Waals surface area contributed by atoms with Gasteiger partial charge in [0.1, 0.15) is 17.6 Å². The third kappa shape index (κ3) is 8.17. The zero-order valence-corrected chi connectivity index (χ0v) is 30.5. The predicted molar refractivity (Wildman–Crippen MR) is 180 cm³/mol. The number of benzene rings is 2. The molecule has 0 bridgehead atoms. The summed E-state index contributed by atoms with van der Waals surface area (Å²) in [7, 11) is -4.44. The Morgan fingerprint density at radius 2 is 1.27 bits per heavy atom. The molecule has 5 atom stereocenters. The van der Waals surface area contributed by atoms with Crippen molar-refractivity contribution in [1.82, 2.24) is 0 Å². The highest BCUT2D eigenvalue weighted by Gasteiger charge is 2.55. The largest absolute Gasteiger partial charge is 0.408 e. The second-order valence-electron chi connectivity index (χ2n) is 14.1. The van der Waals surface area contributed by atoms with Crippen molar-refractivity contribution in [2.24, 2.45) is 0 Å². The molecular formula is C34H56O4SSi2. The van der Waals surface area contributed by atoms with Gasteiger partial charge in [-0.15, -0.1) is 0 Å². The minimum absolute atomic E-state index is 0.0494. The van der Waals surface area contributed by atoms with Crippen LogP contribution in [-0.4, -0.2) is 46.5 Å². The van der Waals surface area contributed by atoms with Crippen LogP contribution in [0.3, 0.4) is 0 Å². The van der Waals surface area contributed by atoms with Gasteiger partial charge in [-0.1, -0.05) is 123 Å². The quantitative estimate of drug-likeness (QED) is 0.222. The summed E-state index contributed by atoms with van der Waals surface area (Å²) in [6.07, 6.45) is -0.885. The van der Waals surface area contributed by atoms with Crippen LogP contribution in [0.1, 0.15) is 74.8 Å². The lowest BCUT2D eigenvalue weighted by molar-refractivity contribution is -0.202. The van der Waals surface area contributed by atoms with E-state index in [9.17, 15) is 0 Å². The molecule has 2 aromatic carbocycles. The fourth-order valence-corrected chi connectivity index (χ4v) is 14.2. The number of hydrogen-bond acceptors (Lipinski definition) is 5. The van der Waals surface area contributed by atoms with Gasteiger partial charge >= 0.3 is 0 Å². The number of hydrogen-bond donors (Lipinski definition) is 0. The van der Waals surface area contributed by atoms with Gasteiger partial charge in [-0.3, -0.25) is 0 Å². The van der Waals surface area contributed by atoms with Crippen LogP contribution in [0.15, 0.2) is 65.6 Å². The Morgan fingerprint density at radius 3 is 1.76 bits per heavy atom. The fourth-order valence-electron chi connectivity index (χ4n) is 6.10. The lowest BCUT2D eigenvalue weighted by atomic mass is 10.0. The SMILES string of the molecule is CC(C)[Si](O[C@H]1[C@H](O[Si](C)(C)C(C)(C)C)[C@H](OCc2ccccc2)[C@@H](Sc2ccccc2)O[C@@H]1C)(C(C)C)C(C)C. The van der Waals surface area contributed by atoms with Gasteiger partial charge in [0.2, 0.25) is 8.32 Å². The maximum absolute atomic E-state index is 7.55. The molecule has 0 aromatic heterocycles. The first-order valence-electron chi connectivity index (χ1n) is 15.5. The highest BCUT2D eigenvalue weighted by molar-refractivity contribution is 7.99. The van der Waals surface area contributed by atoms with E-state index in [0.29, 0.717) is 23.2 Å². The van der Waals surface area contributed by atoms with Gasteiger partial charge in [0.05, 0.1) is 18.8 Å². The van der Waals surface area contributed by atoms with Crippen LogP contribution in [0, 0.1) is 0 Å². The van der Waals surface area contributed by atoms with Crippen LogP contribution >= 0.6 is 11.8 Å². The molecule has 0 aliphatic carbocycles. The summed E-state index contributed by atoms with van der Waals surface area (Å²) in [4.78, 5) is 1.17. The van der Waals surface area contributed by atoms with E-state index >= 15 is 0 Å². The van der Waals surface area contributed by atoms with E-state index in [4.69, 9.17) is 18.3 Å². The van der Waals surface area contributed by atoms with Gasteiger partial charge in [0, 0.05) is 4.90 Å². The summed E-state index contributed by atoms with van der Waals surface area (Å²) >= 11 is 1.73. The van der Waals surface area contributed by atoms with E-state index in [1.165, 1.54) is 4.90 Å². The molecule has 0 amide bonds. The molecule has 0 radical (unpaired) electrons. The van der Waals surface area contributed by atoms with E-state index in [-0.39, 0.29) is 34.9 Å². The molecule has 2 aromatic rings. The molecule has 1 aliphatic heterocycles. The summed E-state index contributed by atoms with van der Waals surface area (Å²) in [5, 5.41) is 0.0494. The molecular weight excluding hydrogens is 561 g/mol. The average Bonchev–Trinajstić information content (AvgIpc) is 2.88. The molecule has 41 heavy (non-hydrogen) atoms. The molecule has 1 aliphatic rings. The molecule has 0 unspecified atom stereocenters. The maximum Gasteiger partial charge on any atom is 0.201 e. The minimum Gasteiger partial charge on any atom is -0.408 e. The predicted octanol–water partition coefficient (Wildman–Crippen LogP) is 10.1. The average molecular weight is 617 g/mol. The van der Waals surface area contributed by atoms with Gasteiger partial charge in [-0.2, -0.15) is 0 Å². The van der Waals surface area contributed by atoms with E-state index in [2.05, 4.69) is 137 Å². The monoisotopic (exact) mass is 616 g/mol. The molecule has 7 heteroatoms. The lowest BCUT2D eigenvalue weighted by Crippen LogP contribution is -2.65. The van der Waals surface area contributed by atoms with Crippen molar-refractivity contribution < 1.29 is 18.3 Å². The first-order valence-corrected chi connectivity index (χ1v) is 21.4. The third-order valence-corrected chi connectivity index (χ3v) is 21.0. The second-order valence-corrected chi connectivity index (χ2v) is 25.5. The Morgan fingerprint density at radius 1 is 0.756 bits per heavy atom. The maximum atomic E-state index is 7.55. The molecule has 0 N–H and O–H groups in total. The Labute approximate surface area is 257 Å². The summed E-state index contributed by atoms with van der Waals surface area (Å²) in [6.45, 7) is 28.4. The molecule has 230 valence electrons. The van der Waals surface area contributed by atoms with Gasteiger partial charge in [0.15, 0.2) is 8.32 Å². The summed E-state index contributed by atoms with van der Waals surface area (Å²) < 4.78 is 28.7. The highest BCUT2D eigenvalue weighted by Crippen LogP contribution is 2.48. The van der Waals surface area contributed by atoms with Crippen molar-refractivity contribution in [3.63, 3.8) is 0 Å². The van der Waals surface area contributed by atoms with Gasteiger partial charge in [-0.25, -0.2) is 0 Å². The Bertz CT molecular complexity index is 1030. The lowest BCUT2D eigenvalue weighted by Gasteiger charge is -2.53. The van der Waals surface area contributed by atoms with Crippen LogP contribution in [0.5, 0.6) is 0 Å². The van der Waals surface area contributed by atoms with Crippen LogP contribution < -0.4 is 0 Å².